The zero-order valence-electron chi connectivity index (χ0n) is 13.1. The van der Waals surface area contributed by atoms with Crippen molar-refractivity contribution in [2.45, 2.75) is 38.8 Å². The molecular weight excluding hydrogens is 301 g/mol. The normalized spacial score (nSPS) is 20.0. The fraction of sp³-hybridized carbons (Fsp3) is 0.438. The molecule has 0 radical (unpaired) electrons. The molecule has 1 aromatic rings. The number of carbonyl (C=O) groups is 3. The Morgan fingerprint density at radius 3 is 2.61 bits per heavy atom. The van der Waals surface area contributed by atoms with Crippen LogP contribution in [0.4, 0.5) is 9.18 Å². The first-order valence-electron chi connectivity index (χ1n) is 7.50. The van der Waals surface area contributed by atoms with Crippen molar-refractivity contribution >= 4 is 17.8 Å². The molecule has 1 aliphatic rings. The molecule has 0 bridgehead atoms. The number of rotatable bonds is 5. The van der Waals surface area contributed by atoms with Gasteiger partial charge in [-0.25, -0.2) is 9.18 Å². The third kappa shape index (κ3) is 3.73. The molecule has 2 rings (SSSR count). The number of amides is 4. The number of carbonyl (C=O) groups excluding carboxylic acids is 3. The van der Waals surface area contributed by atoms with E-state index in [1.54, 1.807) is 26.0 Å². The van der Waals surface area contributed by atoms with Crippen LogP contribution in [0.25, 0.3) is 0 Å². The minimum Gasteiger partial charge on any atom is -0.324 e. The lowest BCUT2D eigenvalue weighted by atomic mass is 9.93. The van der Waals surface area contributed by atoms with Crippen LogP contribution >= 0.6 is 0 Å². The van der Waals surface area contributed by atoms with Gasteiger partial charge in [-0.2, -0.15) is 0 Å². The van der Waals surface area contributed by atoms with Crippen molar-refractivity contribution in [2.75, 3.05) is 0 Å². The molecule has 0 spiro atoms. The molecule has 0 aromatic heterocycles. The molecule has 1 heterocycles. The molecule has 1 fully saturated rings. The van der Waals surface area contributed by atoms with Gasteiger partial charge in [-0.05, 0) is 44.4 Å². The van der Waals surface area contributed by atoms with Crippen LogP contribution in [-0.2, 0) is 9.59 Å². The number of barbiturate groups is 1. The number of nitrogens with zero attached hydrogens (tertiary/aromatic N) is 1. The average Bonchev–Trinajstić information content (AvgIpc) is 2.45. The summed E-state index contributed by atoms with van der Waals surface area (Å²) in [5.41, 5.74) is 6.61. The molecule has 1 aliphatic heterocycles. The highest BCUT2D eigenvalue weighted by Gasteiger charge is 2.41. The van der Waals surface area contributed by atoms with Crippen molar-refractivity contribution in [1.82, 2.24) is 10.2 Å². The van der Waals surface area contributed by atoms with Crippen molar-refractivity contribution in [3.8, 4) is 0 Å². The SMILES string of the molecule is CC(C)N1C(=O)NC(=O)C(CC[C@@H](N)c2cccc(F)c2)C1=O. The van der Waals surface area contributed by atoms with E-state index in [-0.39, 0.29) is 18.3 Å². The third-order valence-corrected chi connectivity index (χ3v) is 3.86. The van der Waals surface area contributed by atoms with E-state index in [1.165, 1.54) is 12.1 Å². The van der Waals surface area contributed by atoms with Crippen LogP contribution in [0.3, 0.4) is 0 Å². The van der Waals surface area contributed by atoms with Gasteiger partial charge in [-0.15, -0.1) is 0 Å². The van der Waals surface area contributed by atoms with Gasteiger partial charge in [0.15, 0.2) is 0 Å². The second-order valence-electron chi connectivity index (χ2n) is 5.89. The number of urea groups is 1. The van der Waals surface area contributed by atoms with E-state index in [0.29, 0.717) is 12.0 Å². The zero-order chi connectivity index (χ0) is 17.1. The molecule has 1 saturated heterocycles. The average molecular weight is 321 g/mol. The first-order chi connectivity index (χ1) is 10.8. The van der Waals surface area contributed by atoms with Gasteiger partial charge in [-0.1, -0.05) is 12.1 Å². The van der Waals surface area contributed by atoms with Crippen LogP contribution in [0, 0.1) is 11.7 Å². The number of hydrogen-bond acceptors (Lipinski definition) is 4. The first kappa shape index (κ1) is 17.1. The van der Waals surface area contributed by atoms with Crippen LogP contribution < -0.4 is 11.1 Å². The third-order valence-electron chi connectivity index (χ3n) is 3.86. The Morgan fingerprint density at radius 2 is 2.00 bits per heavy atom. The smallest absolute Gasteiger partial charge is 0.324 e. The van der Waals surface area contributed by atoms with E-state index in [0.717, 1.165) is 4.90 Å². The maximum absolute atomic E-state index is 13.2. The van der Waals surface area contributed by atoms with E-state index in [9.17, 15) is 18.8 Å². The largest absolute Gasteiger partial charge is 0.331 e. The van der Waals surface area contributed by atoms with Crippen LogP contribution in [0.1, 0.15) is 38.3 Å². The van der Waals surface area contributed by atoms with Crippen molar-refractivity contribution in [3.05, 3.63) is 35.6 Å². The molecule has 0 aliphatic carbocycles. The molecule has 0 saturated carbocycles. The summed E-state index contributed by atoms with van der Waals surface area (Å²) < 4.78 is 13.2. The fourth-order valence-corrected chi connectivity index (χ4v) is 2.63. The molecule has 6 nitrogen and oxygen atoms in total. The summed E-state index contributed by atoms with van der Waals surface area (Å²) in [6, 6.07) is 4.38. The van der Waals surface area contributed by atoms with Gasteiger partial charge >= 0.3 is 6.03 Å². The first-order valence-corrected chi connectivity index (χ1v) is 7.50. The van der Waals surface area contributed by atoms with Crippen molar-refractivity contribution in [1.29, 1.82) is 0 Å². The zero-order valence-corrected chi connectivity index (χ0v) is 13.1. The van der Waals surface area contributed by atoms with Gasteiger partial charge in [0.05, 0.1) is 0 Å². The summed E-state index contributed by atoms with van der Waals surface area (Å²) >= 11 is 0. The summed E-state index contributed by atoms with van der Waals surface area (Å²) in [7, 11) is 0. The lowest BCUT2D eigenvalue weighted by molar-refractivity contribution is -0.144. The lowest BCUT2D eigenvalue weighted by Crippen LogP contribution is -2.59. The minimum atomic E-state index is -0.949. The summed E-state index contributed by atoms with van der Waals surface area (Å²) in [6.45, 7) is 3.39. The van der Waals surface area contributed by atoms with Gasteiger partial charge in [-0.3, -0.25) is 19.8 Å². The van der Waals surface area contributed by atoms with Gasteiger partial charge in [0.1, 0.15) is 11.7 Å². The predicted molar refractivity (Wildman–Crippen MR) is 81.6 cm³/mol. The number of benzene rings is 1. The highest BCUT2D eigenvalue weighted by atomic mass is 19.1. The topological polar surface area (TPSA) is 92.5 Å². The van der Waals surface area contributed by atoms with Crippen LogP contribution in [0.5, 0.6) is 0 Å². The Hall–Kier alpha value is -2.28. The second-order valence-corrected chi connectivity index (χ2v) is 5.89. The van der Waals surface area contributed by atoms with Crippen LogP contribution in [-0.4, -0.2) is 28.8 Å². The molecule has 1 aromatic carbocycles. The monoisotopic (exact) mass is 321 g/mol. The van der Waals surface area contributed by atoms with Gasteiger partial charge < -0.3 is 5.73 Å². The quantitative estimate of drug-likeness (QED) is 0.808. The van der Waals surface area contributed by atoms with E-state index < -0.39 is 29.8 Å². The minimum absolute atomic E-state index is 0.193. The number of nitrogens with two attached hydrogens (primary N) is 1. The van der Waals surface area contributed by atoms with Crippen molar-refractivity contribution < 1.29 is 18.8 Å². The number of nitrogens with one attached hydrogen (secondary N) is 1. The summed E-state index contributed by atoms with van der Waals surface area (Å²) in [4.78, 5) is 37.0. The summed E-state index contributed by atoms with van der Waals surface area (Å²) in [5.74, 6) is -2.46. The summed E-state index contributed by atoms with van der Waals surface area (Å²) in [5, 5.41) is 2.19. The maximum atomic E-state index is 13.2. The van der Waals surface area contributed by atoms with Gasteiger partial charge in [0.2, 0.25) is 11.8 Å². The second kappa shape index (κ2) is 6.87. The van der Waals surface area contributed by atoms with Crippen LogP contribution in [0.2, 0.25) is 0 Å². The number of imide groups is 2. The molecular formula is C16H20FN3O3. The van der Waals surface area contributed by atoms with E-state index in [1.807, 2.05) is 0 Å². The number of halogens is 1. The van der Waals surface area contributed by atoms with Crippen molar-refractivity contribution in [3.63, 3.8) is 0 Å². The van der Waals surface area contributed by atoms with Gasteiger partial charge in [0.25, 0.3) is 0 Å². The molecule has 7 heteroatoms. The van der Waals surface area contributed by atoms with Crippen LogP contribution in [0.15, 0.2) is 24.3 Å². The highest BCUT2D eigenvalue weighted by molar-refractivity contribution is 6.16. The van der Waals surface area contributed by atoms with E-state index in [2.05, 4.69) is 5.32 Å². The van der Waals surface area contributed by atoms with Gasteiger partial charge in [0, 0.05) is 12.1 Å². The fourth-order valence-electron chi connectivity index (χ4n) is 2.63. The molecule has 2 atom stereocenters. The standard InChI is InChI=1S/C16H20FN3O3/c1-9(2)20-15(22)12(14(21)19-16(20)23)6-7-13(18)10-4-3-5-11(17)8-10/h3-5,8-9,12-13H,6-7,18H2,1-2H3,(H,19,21,23)/t12?,13-/m1/s1. The lowest BCUT2D eigenvalue weighted by Gasteiger charge is -2.33. The molecule has 4 amide bonds. The van der Waals surface area contributed by atoms with E-state index >= 15 is 0 Å². The number of hydrogen-bond donors (Lipinski definition) is 2. The molecule has 124 valence electrons. The summed E-state index contributed by atoms with van der Waals surface area (Å²) in [6.07, 6.45) is 0.520. The Morgan fingerprint density at radius 1 is 1.30 bits per heavy atom. The Bertz CT molecular complexity index is 633. The predicted octanol–water partition coefficient (Wildman–Crippen LogP) is 1.71. The Labute approximate surface area is 133 Å². The Kier molecular flexibility index (Phi) is 5.10. The molecule has 23 heavy (non-hydrogen) atoms. The molecule has 1 unspecified atom stereocenters. The van der Waals surface area contributed by atoms with E-state index in [4.69, 9.17) is 5.73 Å². The Balaban J connectivity index is 2.05. The highest BCUT2D eigenvalue weighted by Crippen LogP contribution is 2.23. The van der Waals surface area contributed by atoms with Crippen molar-refractivity contribution in [2.24, 2.45) is 11.7 Å². The maximum Gasteiger partial charge on any atom is 0.331 e. The molecule has 3 N–H and O–H groups in total.